The van der Waals surface area contributed by atoms with Crippen molar-refractivity contribution < 1.29 is 0 Å². The molecule has 1 aliphatic carbocycles. The predicted octanol–water partition coefficient (Wildman–Crippen LogP) is 21.5. The molecule has 19 rings (SSSR count). The summed E-state index contributed by atoms with van der Waals surface area (Å²) in [7, 11) is 0. The van der Waals surface area contributed by atoms with Gasteiger partial charge in [-0.2, -0.15) is 0 Å². The first kappa shape index (κ1) is 48.1. The van der Waals surface area contributed by atoms with E-state index in [0.717, 1.165) is 50.7 Å². The number of para-hydroxylation sites is 4. The fourth-order valence-corrected chi connectivity index (χ4v) is 15.4. The molecular weight excluding hydrogens is 1060 g/mol. The van der Waals surface area contributed by atoms with Crippen LogP contribution < -0.4 is 9.80 Å². The van der Waals surface area contributed by atoms with E-state index in [9.17, 15) is 0 Å². The molecule has 0 unspecified atom stereocenters. The Morgan fingerprint density at radius 2 is 0.851 bits per heavy atom. The first-order valence-electron chi connectivity index (χ1n) is 30.0. The van der Waals surface area contributed by atoms with Crippen LogP contribution in [0.2, 0.25) is 0 Å². The predicted molar refractivity (Wildman–Crippen MR) is 362 cm³/mol. The summed E-state index contributed by atoms with van der Waals surface area (Å²) in [4.78, 5) is 14.9. The zero-order chi connectivity index (χ0) is 57.2. The van der Waals surface area contributed by atoms with Gasteiger partial charge in [-0.1, -0.05) is 172 Å². The lowest BCUT2D eigenvalue weighted by Crippen LogP contribution is -2.19. The number of aromatic nitrogens is 4. The number of rotatable bonds is 6. The second-order valence-corrected chi connectivity index (χ2v) is 24.1. The number of pyridine rings is 2. The van der Waals surface area contributed by atoms with E-state index in [1.54, 1.807) is 0 Å². The van der Waals surface area contributed by atoms with Crippen LogP contribution in [0.15, 0.2) is 279 Å². The molecule has 0 radical (unpaired) electrons. The fraction of sp³-hybridized carbons (Fsp3) is 0.0370. The van der Waals surface area contributed by atoms with Gasteiger partial charge in [0, 0.05) is 94.8 Å². The lowest BCUT2D eigenvalue weighted by atomic mass is 9.81. The molecule has 12 aromatic carbocycles. The van der Waals surface area contributed by atoms with Crippen molar-refractivity contribution in [3.8, 4) is 67.0 Å². The molecule has 87 heavy (non-hydrogen) atoms. The lowest BCUT2D eigenvalue weighted by molar-refractivity contribution is 0.660. The van der Waals surface area contributed by atoms with Gasteiger partial charge in [0.2, 0.25) is 0 Å². The van der Waals surface area contributed by atoms with E-state index in [-0.39, 0.29) is 5.41 Å². The highest BCUT2D eigenvalue weighted by Crippen LogP contribution is 2.57. The lowest BCUT2D eigenvalue weighted by Gasteiger charge is -2.34. The maximum atomic E-state index is 5.30. The number of nitrogens with zero attached hydrogens (tertiary/aromatic N) is 6. The third kappa shape index (κ3) is 6.69. The van der Waals surface area contributed by atoms with Gasteiger partial charge in [-0.3, -0.25) is 9.88 Å². The van der Waals surface area contributed by atoms with Crippen molar-refractivity contribution in [2.24, 2.45) is 0 Å². The summed E-state index contributed by atoms with van der Waals surface area (Å²) in [6, 6.07) is 96.4. The highest BCUT2D eigenvalue weighted by Gasteiger charge is 2.38. The van der Waals surface area contributed by atoms with Gasteiger partial charge in [-0.15, -0.1) is 0 Å². The Labute approximate surface area is 502 Å². The van der Waals surface area contributed by atoms with Gasteiger partial charge in [0.05, 0.1) is 45.3 Å². The van der Waals surface area contributed by atoms with Crippen molar-refractivity contribution in [3.05, 3.63) is 291 Å². The highest BCUT2D eigenvalue weighted by molar-refractivity contribution is 6.28. The van der Waals surface area contributed by atoms with Crippen LogP contribution in [0.1, 0.15) is 25.0 Å². The van der Waals surface area contributed by atoms with Crippen LogP contribution in [0, 0.1) is 0 Å². The summed E-state index contributed by atoms with van der Waals surface area (Å²) in [5.41, 5.74) is 27.0. The normalized spacial score (nSPS) is 13.4. The van der Waals surface area contributed by atoms with E-state index in [1.165, 1.54) is 127 Å². The second-order valence-electron chi connectivity index (χ2n) is 24.1. The topological polar surface area (TPSA) is 42.1 Å². The van der Waals surface area contributed by atoms with E-state index < -0.39 is 0 Å². The Balaban J connectivity index is 0.724. The van der Waals surface area contributed by atoms with E-state index >= 15 is 0 Å². The minimum Gasteiger partial charge on any atom is -0.309 e. The molecule has 0 saturated heterocycles. The standard InChI is InChI=1S/C81H52N6/c1-81(2)69-44-52(33-37-57(69)58-38-36-56(45-70(58)81)87-73-29-14-10-24-60(73)66-47-67-61-25-11-13-28-72(61)85(53-20-7-4-8-21-53)79(67)64-40-42-83-80(87)77(64)66)51-19-15-22-55(43-51)86-75-48-82-41-39-62(75)68-46-65-59-23-9-12-27-71(59)84(74-30-16-26-63(76(65)74)78(68)86)54-34-31-50(32-35-54)49-17-5-3-6-18-49/h3-48H,1-2H3. The van der Waals surface area contributed by atoms with Crippen LogP contribution in [0.25, 0.3) is 132 Å². The summed E-state index contributed by atoms with van der Waals surface area (Å²) in [5.74, 6) is 0.942. The van der Waals surface area contributed by atoms with E-state index in [1.807, 2.05) is 18.6 Å². The second kappa shape index (κ2) is 17.8. The zero-order valence-electron chi connectivity index (χ0n) is 47.7. The first-order chi connectivity index (χ1) is 42.9. The molecule has 6 heteroatoms. The van der Waals surface area contributed by atoms with Gasteiger partial charge in [0.1, 0.15) is 5.82 Å². The van der Waals surface area contributed by atoms with Gasteiger partial charge >= 0.3 is 0 Å². The van der Waals surface area contributed by atoms with Crippen LogP contribution in [0.3, 0.4) is 0 Å². The van der Waals surface area contributed by atoms with Gasteiger partial charge in [0.25, 0.3) is 0 Å². The molecule has 0 amide bonds. The van der Waals surface area contributed by atoms with Crippen molar-refractivity contribution in [1.82, 2.24) is 19.1 Å². The molecule has 0 atom stereocenters. The van der Waals surface area contributed by atoms with Crippen molar-refractivity contribution in [3.63, 3.8) is 0 Å². The molecule has 406 valence electrons. The molecule has 0 saturated carbocycles. The summed E-state index contributed by atoms with van der Waals surface area (Å²) in [6.07, 6.45) is 5.98. The number of fused-ring (bicyclic) bond motifs is 15. The number of hydrogen-bond acceptors (Lipinski definition) is 4. The molecule has 0 N–H and O–H groups in total. The first-order valence-corrected chi connectivity index (χ1v) is 30.0. The Kier molecular flexibility index (Phi) is 9.86. The maximum absolute atomic E-state index is 5.30. The Bertz CT molecular complexity index is 5620. The Morgan fingerprint density at radius 3 is 1.64 bits per heavy atom. The monoisotopic (exact) mass is 1110 g/mol. The van der Waals surface area contributed by atoms with E-state index in [0.29, 0.717) is 0 Å². The average molecular weight is 1110 g/mol. The third-order valence-electron chi connectivity index (χ3n) is 19.2. The van der Waals surface area contributed by atoms with Crippen molar-refractivity contribution in [2.75, 3.05) is 9.80 Å². The van der Waals surface area contributed by atoms with Crippen molar-refractivity contribution in [2.45, 2.75) is 19.3 Å². The Hall–Kier alpha value is -11.3. The molecule has 6 heterocycles. The molecule has 16 aromatic rings. The SMILES string of the molecule is CC1(C)c2cc(-c3cccc(-n4c5cnccc5c5cc6c7c(cccc7c54)N(c4ccc(-c5ccccc5)cc4)c4ccccc4-6)c3)ccc2-c2ccc(N3c4ccccc4-c4cc5c6ccccc6n(-c6ccccc6)c5c5ccnc3c45)cc21. The van der Waals surface area contributed by atoms with Crippen LogP contribution in [0.4, 0.5) is 34.3 Å². The van der Waals surface area contributed by atoms with Crippen LogP contribution in [-0.2, 0) is 5.41 Å². The van der Waals surface area contributed by atoms with Gasteiger partial charge in [0.15, 0.2) is 0 Å². The number of hydrogen-bond donors (Lipinski definition) is 0. The fourth-order valence-electron chi connectivity index (χ4n) is 15.4. The highest BCUT2D eigenvalue weighted by atomic mass is 15.2. The largest absolute Gasteiger partial charge is 0.309 e. The summed E-state index contributed by atoms with van der Waals surface area (Å²) >= 11 is 0. The van der Waals surface area contributed by atoms with Crippen LogP contribution in [-0.4, -0.2) is 19.1 Å². The number of benzene rings is 12. The van der Waals surface area contributed by atoms with E-state index in [2.05, 4.69) is 294 Å². The van der Waals surface area contributed by atoms with Gasteiger partial charge < -0.3 is 14.0 Å². The maximum Gasteiger partial charge on any atom is 0.146 e. The quantitative estimate of drug-likeness (QED) is 0.166. The average Bonchev–Trinajstić information content (AvgIpc) is 1.98. The van der Waals surface area contributed by atoms with Crippen LogP contribution >= 0.6 is 0 Å². The molecule has 3 aliphatic rings. The third-order valence-corrected chi connectivity index (χ3v) is 19.2. The summed E-state index contributed by atoms with van der Waals surface area (Å²) in [5, 5.41) is 9.64. The van der Waals surface area contributed by atoms with Crippen LogP contribution in [0.5, 0.6) is 0 Å². The minimum absolute atomic E-state index is 0.308. The molecule has 0 fully saturated rings. The Morgan fingerprint density at radius 1 is 0.310 bits per heavy atom. The van der Waals surface area contributed by atoms with Crippen molar-refractivity contribution in [1.29, 1.82) is 0 Å². The summed E-state index contributed by atoms with van der Waals surface area (Å²) < 4.78 is 4.89. The molecule has 0 bridgehead atoms. The number of anilines is 6. The molecular formula is C81H52N6. The molecule has 6 nitrogen and oxygen atoms in total. The van der Waals surface area contributed by atoms with Gasteiger partial charge in [-0.05, 0) is 159 Å². The van der Waals surface area contributed by atoms with Crippen molar-refractivity contribution >= 4 is 99.4 Å². The molecule has 0 spiro atoms. The minimum atomic E-state index is -0.308. The smallest absolute Gasteiger partial charge is 0.146 e. The van der Waals surface area contributed by atoms with Gasteiger partial charge in [-0.25, -0.2) is 4.98 Å². The molecule has 2 aliphatic heterocycles. The summed E-state index contributed by atoms with van der Waals surface area (Å²) in [6.45, 7) is 4.79. The van der Waals surface area contributed by atoms with E-state index in [4.69, 9.17) is 9.97 Å². The zero-order valence-corrected chi connectivity index (χ0v) is 47.7. The molecule has 4 aromatic heterocycles.